The van der Waals surface area contributed by atoms with Crippen LogP contribution in [-0.4, -0.2) is 29.1 Å². The minimum atomic E-state index is -1.30. The smallest absolute Gasteiger partial charge is 0.195 e. The van der Waals surface area contributed by atoms with Gasteiger partial charge in [0, 0.05) is 0 Å². The molecular weight excluding hydrogens is 275 g/mol. The van der Waals surface area contributed by atoms with Crippen molar-refractivity contribution in [3.8, 4) is 0 Å². The zero-order valence-corrected chi connectivity index (χ0v) is 11.6. The second-order valence-corrected chi connectivity index (χ2v) is 4.97. The molecule has 6 nitrogen and oxygen atoms in total. The fraction of sp³-hybridized carbons (Fsp3) is 1.00. The van der Waals surface area contributed by atoms with Crippen LogP contribution in [0.2, 0.25) is 0 Å². The van der Waals surface area contributed by atoms with Gasteiger partial charge in [0.15, 0.2) is 0 Å². The topological polar surface area (TPSA) is 55.4 Å². The van der Waals surface area contributed by atoms with Gasteiger partial charge in [-0.25, -0.2) is 0 Å². The molecule has 17 heavy (non-hydrogen) atoms. The Morgan fingerprint density at radius 2 is 0.941 bits per heavy atom. The maximum Gasteiger partial charge on any atom is 0.244 e. The molecule has 1 saturated heterocycles. The van der Waals surface area contributed by atoms with E-state index in [1.54, 1.807) is 13.8 Å². The monoisotopic (exact) mass is 290 g/mol. The fourth-order valence-electron chi connectivity index (χ4n) is 0.684. The highest BCUT2D eigenvalue weighted by Crippen LogP contribution is 2.29. The molecular formula is C9H16Cl2O6. The van der Waals surface area contributed by atoms with E-state index in [2.05, 4.69) is 0 Å². The molecule has 0 spiro atoms. The number of rotatable bonds is 2. The van der Waals surface area contributed by atoms with Gasteiger partial charge in [-0.15, -0.1) is 23.2 Å². The normalized spacial score (nSPS) is 39.2. The summed E-state index contributed by atoms with van der Waals surface area (Å²) < 4.78 is 0. The van der Waals surface area contributed by atoms with Crippen LogP contribution in [0.4, 0.5) is 0 Å². The Kier molecular flexibility index (Phi) is 5.02. The Morgan fingerprint density at radius 1 is 0.647 bits per heavy atom. The molecule has 0 aliphatic carbocycles. The molecule has 1 aliphatic rings. The molecule has 0 aromatic carbocycles. The molecule has 2 atom stereocenters. The van der Waals surface area contributed by atoms with Crippen molar-refractivity contribution in [3.05, 3.63) is 0 Å². The standard InChI is InChI=1S/C9H16Cl2O6/c1-7(2)12-14-8(3,5-10)16-17-9(4,6-11)15-13-7/h5-6H2,1-4H3. The quantitative estimate of drug-likeness (QED) is 0.575. The second kappa shape index (κ2) is 5.54. The summed E-state index contributed by atoms with van der Waals surface area (Å²) in [5.74, 6) is -3.83. The number of halogens is 2. The van der Waals surface area contributed by atoms with Crippen LogP contribution >= 0.6 is 23.2 Å². The predicted molar refractivity (Wildman–Crippen MR) is 58.8 cm³/mol. The maximum atomic E-state index is 5.71. The second-order valence-electron chi connectivity index (χ2n) is 4.43. The van der Waals surface area contributed by atoms with E-state index in [9.17, 15) is 0 Å². The van der Waals surface area contributed by atoms with Gasteiger partial charge < -0.3 is 0 Å². The van der Waals surface area contributed by atoms with Crippen LogP contribution in [0.5, 0.6) is 0 Å². The third-order valence-electron chi connectivity index (χ3n) is 1.72. The average molecular weight is 291 g/mol. The molecule has 8 heteroatoms. The van der Waals surface area contributed by atoms with Gasteiger partial charge in [0.2, 0.25) is 17.4 Å². The molecule has 1 fully saturated rings. The molecule has 0 radical (unpaired) electrons. The van der Waals surface area contributed by atoms with Gasteiger partial charge in [-0.3, -0.25) is 0 Å². The zero-order valence-electron chi connectivity index (χ0n) is 10.1. The summed E-state index contributed by atoms with van der Waals surface area (Å²) in [7, 11) is 0. The Balaban J connectivity index is 2.83. The van der Waals surface area contributed by atoms with E-state index < -0.39 is 17.4 Å². The lowest BCUT2D eigenvalue weighted by Crippen LogP contribution is -2.40. The highest BCUT2D eigenvalue weighted by molar-refractivity contribution is 6.18. The van der Waals surface area contributed by atoms with Crippen LogP contribution in [0.1, 0.15) is 27.7 Å². The van der Waals surface area contributed by atoms with Crippen molar-refractivity contribution in [2.75, 3.05) is 11.8 Å². The van der Waals surface area contributed by atoms with E-state index in [-0.39, 0.29) is 11.8 Å². The molecule has 0 N–H and O–H groups in total. The molecule has 0 amide bonds. The van der Waals surface area contributed by atoms with E-state index in [0.717, 1.165) is 0 Å². The van der Waals surface area contributed by atoms with E-state index in [1.165, 1.54) is 13.8 Å². The first-order valence-corrected chi connectivity index (χ1v) is 6.04. The molecule has 1 rings (SSSR count). The third kappa shape index (κ3) is 4.50. The van der Waals surface area contributed by atoms with E-state index in [0.29, 0.717) is 0 Å². The Morgan fingerprint density at radius 3 is 1.24 bits per heavy atom. The lowest BCUT2D eigenvalue weighted by Gasteiger charge is -2.27. The van der Waals surface area contributed by atoms with Crippen LogP contribution in [-0.2, 0) is 29.3 Å². The maximum absolute atomic E-state index is 5.71. The van der Waals surface area contributed by atoms with Crippen LogP contribution < -0.4 is 0 Å². The van der Waals surface area contributed by atoms with Crippen LogP contribution in [0.15, 0.2) is 0 Å². The molecule has 0 bridgehead atoms. The molecule has 0 aromatic heterocycles. The molecule has 1 aliphatic heterocycles. The lowest BCUT2D eigenvalue weighted by molar-refractivity contribution is -0.534. The summed E-state index contributed by atoms with van der Waals surface area (Å²) in [4.78, 5) is 30.1. The largest absolute Gasteiger partial charge is 0.244 e. The molecule has 1 heterocycles. The lowest BCUT2D eigenvalue weighted by atomic mass is 10.4. The number of hydrogen-bond acceptors (Lipinski definition) is 6. The first-order chi connectivity index (χ1) is 7.74. The van der Waals surface area contributed by atoms with Crippen molar-refractivity contribution in [1.29, 1.82) is 0 Å². The average Bonchev–Trinajstić information content (AvgIpc) is 2.35. The molecule has 102 valence electrons. The first-order valence-electron chi connectivity index (χ1n) is 4.97. The predicted octanol–water partition coefficient (Wildman–Crippen LogP) is 2.49. The van der Waals surface area contributed by atoms with Gasteiger partial charge in [0.1, 0.15) is 0 Å². The summed E-state index contributed by atoms with van der Waals surface area (Å²) in [6, 6.07) is 0. The SMILES string of the molecule is CC1(C)OOC(C)(CCl)OOC(C)(CCl)OO1. The van der Waals surface area contributed by atoms with Crippen LogP contribution in [0.3, 0.4) is 0 Å². The zero-order chi connectivity index (χ0) is 13.2. The van der Waals surface area contributed by atoms with Crippen molar-refractivity contribution in [2.24, 2.45) is 0 Å². The summed E-state index contributed by atoms with van der Waals surface area (Å²) in [6.45, 7) is 6.25. The summed E-state index contributed by atoms with van der Waals surface area (Å²) in [5, 5.41) is 0. The summed E-state index contributed by atoms with van der Waals surface area (Å²) >= 11 is 11.4. The van der Waals surface area contributed by atoms with Crippen molar-refractivity contribution >= 4 is 23.2 Å². The Hall–Kier alpha value is 0.340. The van der Waals surface area contributed by atoms with Gasteiger partial charge in [-0.2, -0.15) is 29.3 Å². The minimum absolute atomic E-state index is 0.0263. The number of hydrogen-bond donors (Lipinski definition) is 0. The van der Waals surface area contributed by atoms with Gasteiger partial charge in [-0.1, -0.05) is 0 Å². The van der Waals surface area contributed by atoms with Gasteiger partial charge in [-0.05, 0) is 27.7 Å². The highest BCUT2D eigenvalue weighted by Gasteiger charge is 2.41. The molecule has 0 saturated carbocycles. The number of alkyl halides is 2. The highest BCUT2D eigenvalue weighted by atomic mass is 35.5. The minimum Gasteiger partial charge on any atom is -0.195 e. The molecule has 2 unspecified atom stereocenters. The van der Waals surface area contributed by atoms with Crippen molar-refractivity contribution in [1.82, 2.24) is 0 Å². The fourth-order valence-corrected chi connectivity index (χ4v) is 0.862. The van der Waals surface area contributed by atoms with Gasteiger partial charge >= 0.3 is 0 Å². The van der Waals surface area contributed by atoms with Crippen LogP contribution in [0.25, 0.3) is 0 Å². The van der Waals surface area contributed by atoms with Crippen molar-refractivity contribution in [3.63, 3.8) is 0 Å². The first kappa shape index (κ1) is 15.4. The van der Waals surface area contributed by atoms with E-state index in [4.69, 9.17) is 52.5 Å². The summed E-state index contributed by atoms with van der Waals surface area (Å²) in [5.41, 5.74) is 0. The third-order valence-corrected chi connectivity index (χ3v) is 2.69. The van der Waals surface area contributed by atoms with Crippen molar-refractivity contribution in [2.45, 2.75) is 45.1 Å². The Bertz CT molecular complexity index is 240. The van der Waals surface area contributed by atoms with E-state index >= 15 is 0 Å². The van der Waals surface area contributed by atoms with E-state index in [1.807, 2.05) is 0 Å². The Labute approximate surface area is 110 Å². The summed E-state index contributed by atoms with van der Waals surface area (Å²) in [6.07, 6.45) is 0. The molecule has 0 aromatic rings. The van der Waals surface area contributed by atoms with Gasteiger partial charge in [0.25, 0.3) is 0 Å². The van der Waals surface area contributed by atoms with Crippen molar-refractivity contribution < 1.29 is 29.3 Å². The van der Waals surface area contributed by atoms with Gasteiger partial charge in [0.05, 0.1) is 11.8 Å². The van der Waals surface area contributed by atoms with Crippen LogP contribution in [0, 0.1) is 0 Å².